The number of benzene rings is 2. The van der Waals surface area contributed by atoms with Gasteiger partial charge in [0, 0.05) is 6.04 Å². The molecule has 0 atom stereocenters. The molecule has 0 aliphatic heterocycles. The van der Waals surface area contributed by atoms with Gasteiger partial charge in [-0.2, -0.15) is 0 Å². The quantitative estimate of drug-likeness (QED) is 0.717. The van der Waals surface area contributed by atoms with Crippen LogP contribution >= 0.6 is 11.3 Å². The highest BCUT2D eigenvalue weighted by Gasteiger charge is 2.19. The van der Waals surface area contributed by atoms with Crippen molar-refractivity contribution in [3.05, 3.63) is 51.6 Å². The largest absolute Gasteiger partial charge is 0.495 e. The van der Waals surface area contributed by atoms with Gasteiger partial charge in [0.05, 0.1) is 27.9 Å². The number of nitrogens with one attached hydrogen (secondary N) is 1. The summed E-state index contributed by atoms with van der Waals surface area (Å²) in [5, 5.41) is 0. The van der Waals surface area contributed by atoms with Crippen LogP contribution < -0.4 is 14.3 Å². The molecule has 138 valence electrons. The summed E-state index contributed by atoms with van der Waals surface area (Å²) < 4.78 is 35.7. The molecule has 0 fully saturated rings. The van der Waals surface area contributed by atoms with E-state index in [1.54, 1.807) is 22.8 Å². The number of aryl methyl sites for hydroxylation is 1. The Bertz CT molecular complexity index is 1130. The molecule has 0 saturated heterocycles. The number of hydrogen-bond acceptors (Lipinski definition) is 5. The van der Waals surface area contributed by atoms with Gasteiger partial charge in [-0.25, -0.2) is 8.42 Å². The van der Waals surface area contributed by atoms with E-state index in [2.05, 4.69) is 4.72 Å². The fraction of sp³-hybridized carbons (Fsp3) is 0.278. The topological polar surface area (TPSA) is 77.4 Å². The molecule has 8 heteroatoms. The molecule has 1 heterocycles. The van der Waals surface area contributed by atoms with Gasteiger partial charge in [-0.15, -0.1) is 0 Å². The van der Waals surface area contributed by atoms with Crippen molar-refractivity contribution in [3.8, 4) is 5.75 Å². The molecule has 6 nitrogen and oxygen atoms in total. The minimum absolute atomic E-state index is 0.00777. The molecule has 0 radical (unpaired) electrons. The number of aromatic nitrogens is 1. The summed E-state index contributed by atoms with van der Waals surface area (Å²) in [5.41, 5.74) is 2.02. The molecule has 0 unspecified atom stereocenters. The molecule has 0 saturated carbocycles. The van der Waals surface area contributed by atoms with E-state index in [0.29, 0.717) is 16.1 Å². The van der Waals surface area contributed by atoms with E-state index in [1.165, 1.54) is 19.2 Å². The molecule has 3 rings (SSSR count). The van der Waals surface area contributed by atoms with Crippen LogP contribution in [0.25, 0.3) is 10.2 Å². The van der Waals surface area contributed by atoms with Crippen LogP contribution in [0.15, 0.2) is 46.1 Å². The van der Waals surface area contributed by atoms with Crippen molar-refractivity contribution in [1.82, 2.24) is 4.57 Å². The summed E-state index contributed by atoms with van der Waals surface area (Å²) >= 11 is 1.04. The molecule has 0 aliphatic rings. The Morgan fingerprint density at radius 2 is 1.88 bits per heavy atom. The van der Waals surface area contributed by atoms with Crippen LogP contribution in [-0.4, -0.2) is 20.1 Å². The predicted octanol–water partition coefficient (Wildman–Crippen LogP) is 3.76. The highest BCUT2D eigenvalue weighted by atomic mass is 32.2. The van der Waals surface area contributed by atoms with E-state index < -0.39 is 10.0 Å². The van der Waals surface area contributed by atoms with Crippen molar-refractivity contribution in [2.24, 2.45) is 0 Å². The maximum Gasteiger partial charge on any atom is 0.308 e. The monoisotopic (exact) mass is 392 g/mol. The molecule has 0 spiro atoms. The third-order valence-electron chi connectivity index (χ3n) is 4.01. The zero-order valence-corrected chi connectivity index (χ0v) is 16.6. The van der Waals surface area contributed by atoms with E-state index in [0.717, 1.165) is 22.4 Å². The molecule has 1 N–H and O–H groups in total. The first kappa shape index (κ1) is 18.5. The standard InChI is InChI=1S/C18H20N2O4S2/c1-11(2)20-15-7-6-13(10-17(15)25-18(20)21)26(22,23)19-14-9-12(3)5-8-16(14)24-4/h5-11,19H,1-4H3. The molecule has 3 aromatic rings. The third-order valence-corrected chi connectivity index (χ3v) is 6.29. The molecule has 0 bridgehead atoms. The Morgan fingerprint density at radius 3 is 2.54 bits per heavy atom. The van der Waals surface area contributed by atoms with Gasteiger partial charge >= 0.3 is 4.87 Å². The number of ether oxygens (including phenoxy) is 1. The second-order valence-corrected chi connectivity index (χ2v) is 8.95. The number of thiazole rings is 1. The third kappa shape index (κ3) is 3.34. The first-order chi connectivity index (χ1) is 12.2. The van der Waals surface area contributed by atoms with E-state index in [4.69, 9.17) is 4.74 Å². The second-order valence-electron chi connectivity index (χ2n) is 6.27. The van der Waals surface area contributed by atoms with E-state index in [1.807, 2.05) is 26.8 Å². The summed E-state index contributed by atoms with van der Waals surface area (Å²) in [6.45, 7) is 5.71. The number of fused-ring (bicyclic) bond motifs is 1. The number of hydrogen-bond donors (Lipinski definition) is 1. The van der Waals surface area contributed by atoms with Crippen LogP contribution in [0.4, 0.5) is 5.69 Å². The smallest absolute Gasteiger partial charge is 0.308 e. The first-order valence-electron chi connectivity index (χ1n) is 8.05. The van der Waals surface area contributed by atoms with E-state index in [-0.39, 0.29) is 15.8 Å². The van der Waals surface area contributed by atoms with Gasteiger partial charge in [0.1, 0.15) is 5.75 Å². The number of anilines is 1. The highest BCUT2D eigenvalue weighted by molar-refractivity contribution is 7.92. The van der Waals surface area contributed by atoms with Crippen molar-refractivity contribution in [2.45, 2.75) is 31.7 Å². The van der Waals surface area contributed by atoms with Crippen LogP contribution in [0.1, 0.15) is 25.5 Å². The lowest BCUT2D eigenvalue weighted by atomic mass is 10.2. The lowest BCUT2D eigenvalue weighted by Crippen LogP contribution is -2.15. The van der Waals surface area contributed by atoms with Crippen molar-refractivity contribution >= 4 is 37.3 Å². The van der Waals surface area contributed by atoms with Gasteiger partial charge in [-0.05, 0) is 56.7 Å². The van der Waals surface area contributed by atoms with Crippen molar-refractivity contribution < 1.29 is 13.2 Å². The van der Waals surface area contributed by atoms with Gasteiger partial charge in [-0.3, -0.25) is 14.1 Å². The lowest BCUT2D eigenvalue weighted by Gasteiger charge is -2.13. The van der Waals surface area contributed by atoms with Gasteiger partial charge in [0.25, 0.3) is 10.0 Å². The molecular weight excluding hydrogens is 372 g/mol. The Hall–Kier alpha value is -2.32. The normalized spacial score (nSPS) is 11.9. The number of rotatable bonds is 5. The lowest BCUT2D eigenvalue weighted by molar-refractivity contribution is 0.417. The van der Waals surface area contributed by atoms with E-state index in [9.17, 15) is 13.2 Å². The Labute approximate surface area is 156 Å². The van der Waals surface area contributed by atoms with Gasteiger partial charge in [-0.1, -0.05) is 17.4 Å². The molecule has 0 amide bonds. The van der Waals surface area contributed by atoms with Crippen molar-refractivity contribution in [1.29, 1.82) is 0 Å². The molecule has 2 aromatic carbocycles. The average molecular weight is 393 g/mol. The molecule has 26 heavy (non-hydrogen) atoms. The zero-order valence-electron chi connectivity index (χ0n) is 14.9. The van der Waals surface area contributed by atoms with Gasteiger partial charge in [0.15, 0.2) is 0 Å². The number of sulfonamides is 1. The SMILES string of the molecule is COc1ccc(C)cc1NS(=O)(=O)c1ccc2c(c1)sc(=O)n2C(C)C. The van der Waals surface area contributed by atoms with Crippen LogP contribution in [0.5, 0.6) is 5.75 Å². The Kier molecular flexibility index (Phi) is 4.81. The first-order valence-corrected chi connectivity index (χ1v) is 10.4. The van der Waals surface area contributed by atoms with Crippen molar-refractivity contribution in [2.75, 3.05) is 11.8 Å². The maximum atomic E-state index is 12.8. The molecule has 0 aliphatic carbocycles. The van der Waals surface area contributed by atoms with Crippen LogP contribution in [0.3, 0.4) is 0 Å². The summed E-state index contributed by atoms with van der Waals surface area (Å²) in [4.78, 5) is 12.2. The summed E-state index contributed by atoms with van der Waals surface area (Å²) in [5.74, 6) is 0.441. The minimum atomic E-state index is -3.81. The predicted molar refractivity (Wildman–Crippen MR) is 105 cm³/mol. The van der Waals surface area contributed by atoms with Crippen molar-refractivity contribution in [3.63, 3.8) is 0 Å². The summed E-state index contributed by atoms with van der Waals surface area (Å²) in [6, 6.07) is 9.99. The minimum Gasteiger partial charge on any atom is -0.495 e. The summed E-state index contributed by atoms with van der Waals surface area (Å²) in [7, 11) is -2.33. The van der Waals surface area contributed by atoms with Crippen LogP contribution in [0, 0.1) is 6.92 Å². The fourth-order valence-electron chi connectivity index (χ4n) is 2.78. The average Bonchev–Trinajstić information content (AvgIpc) is 2.89. The summed E-state index contributed by atoms with van der Waals surface area (Å²) in [6.07, 6.45) is 0. The zero-order chi connectivity index (χ0) is 19.1. The van der Waals surface area contributed by atoms with E-state index >= 15 is 0 Å². The molecule has 1 aromatic heterocycles. The Morgan fingerprint density at radius 1 is 1.15 bits per heavy atom. The van der Waals surface area contributed by atoms with Gasteiger partial charge < -0.3 is 4.74 Å². The van der Waals surface area contributed by atoms with Crippen LogP contribution in [0.2, 0.25) is 0 Å². The Balaban J connectivity index is 2.05. The highest BCUT2D eigenvalue weighted by Crippen LogP contribution is 2.29. The molecular formula is C18H20N2O4S2. The number of methoxy groups -OCH3 is 1. The fourth-order valence-corrected chi connectivity index (χ4v) is 4.99. The second kappa shape index (κ2) is 6.77. The maximum absolute atomic E-state index is 12.8. The van der Waals surface area contributed by atoms with Crippen LogP contribution in [-0.2, 0) is 10.0 Å². The number of nitrogens with zero attached hydrogens (tertiary/aromatic N) is 1. The van der Waals surface area contributed by atoms with Gasteiger partial charge in [0.2, 0.25) is 0 Å².